The number of nitrogens with zero attached hydrogens (tertiary/aromatic N) is 1. The molecule has 0 bridgehead atoms. The largest absolute Gasteiger partial charge is 0.313 e. The number of nitrogens with one attached hydrogen (secondary N) is 1. The van der Waals surface area contributed by atoms with E-state index >= 15 is 0 Å². The molecule has 1 aromatic rings. The Morgan fingerprint density at radius 1 is 1.47 bits per heavy atom. The molecule has 1 rings (SSSR count). The van der Waals surface area contributed by atoms with Crippen LogP contribution in [0.25, 0.3) is 6.08 Å². The fourth-order valence-corrected chi connectivity index (χ4v) is 1.39. The highest BCUT2D eigenvalue weighted by Crippen LogP contribution is 2.13. The minimum atomic E-state index is -0.381. The summed E-state index contributed by atoms with van der Waals surface area (Å²) in [5, 5.41) is 13.8. The number of hydrogen-bond acceptors (Lipinski definition) is 3. The maximum absolute atomic E-state index is 10.6. The Morgan fingerprint density at radius 2 is 2.24 bits per heavy atom. The first kappa shape index (κ1) is 13.4. The fraction of sp³-hybridized carbons (Fsp3) is 0.385. The van der Waals surface area contributed by atoms with Crippen LogP contribution in [-0.2, 0) is 0 Å². The van der Waals surface area contributed by atoms with Crippen LogP contribution < -0.4 is 5.32 Å². The summed E-state index contributed by atoms with van der Waals surface area (Å²) < 4.78 is 0. The molecule has 0 aliphatic rings. The first-order chi connectivity index (χ1) is 8.09. The molecule has 0 heterocycles. The summed E-state index contributed by atoms with van der Waals surface area (Å²) in [6.45, 7) is 6.05. The van der Waals surface area contributed by atoms with Crippen molar-refractivity contribution in [3.8, 4) is 0 Å². The van der Waals surface area contributed by atoms with Crippen LogP contribution >= 0.6 is 0 Å². The normalized spacial score (nSPS) is 11.2. The minimum Gasteiger partial charge on any atom is -0.313 e. The molecular formula is C13H18N2O2. The second-order valence-electron chi connectivity index (χ2n) is 4.31. The second-order valence-corrected chi connectivity index (χ2v) is 4.31. The fourth-order valence-electron chi connectivity index (χ4n) is 1.39. The lowest BCUT2D eigenvalue weighted by Gasteiger charge is -2.03. The molecule has 0 aliphatic carbocycles. The van der Waals surface area contributed by atoms with Gasteiger partial charge in [-0.05, 0) is 18.0 Å². The van der Waals surface area contributed by atoms with Gasteiger partial charge in [0, 0.05) is 18.7 Å². The summed E-state index contributed by atoms with van der Waals surface area (Å²) in [6.07, 6.45) is 3.86. The topological polar surface area (TPSA) is 55.2 Å². The van der Waals surface area contributed by atoms with Crippen molar-refractivity contribution >= 4 is 11.8 Å². The summed E-state index contributed by atoms with van der Waals surface area (Å²) >= 11 is 0. The zero-order valence-electron chi connectivity index (χ0n) is 10.2. The molecule has 0 aliphatic heterocycles. The highest BCUT2D eigenvalue weighted by Gasteiger charge is 2.03. The van der Waals surface area contributed by atoms with Crippen molar-refractivity contribution in [2.75, 3.05) is 13.1 Å². The molecule has 4 nitrogen and oxygen atoms in total. The molecule has 0 saturated carbocycles. The molecule has 0 unspecified atom stereocenters. The number of rotatable bonds is 6. The molecule has 0 aromatic heterocycles. The lowest BCUT2D eigenvalue weighted by atomic mass is 10.2. The van der Waals surface area contributed by atoms with Crippen molar-refractivity contribution in [3.63, 3.8) is 0 Å². The van der Waals surface area contributed by atoms with Crippen LogP contribution in [0.2, 0.25) is 0 Å². The number of non-ortho nitro benzene ring substituents is 1. The van der Waals surface area contributed by atoms with E-state index in [1.807, 2.05) is 18.2 Å². The third-order valence-electron chi connectivity index (χ3n) is 2.21. The molecule has 0 amide bonds. The predicted octanol–water partition coefficient (Wildman–Crippen LogP) is 2.85. The van der Waals surface area contributed by atoms with Gasteiger partial charge in [-0.2, -0.15) is 0 Å². The molecule has 1 N–H and O–H groups in total. The maximum Gasteiger partial charge on any atom is 0.270 e. The third-order valence-corrected chi connectivity index (χ3v) is 2.21. The van der Waals surface area contributed by atoms with Gasteiger partial charge >= 0.3 is 0 Å². The Bertz CT molecular complexity index is 400. The smallest absolute Gasteiger partial charge is 0.270 e. The van der Waals surface area contributed by atoms with Crippen LogP contribution in [0.4, 0.5) is 5.69 Å². The highest BCUT2D eigenvalue weighted by atomic mass is 16.6. The Morgan fingerprint density at radius 3 is 2.88 bits per heavy atom. The van der Waals surface area contributed by atoms with Crippen LogP contribution in [0, 0.1) is 16.0 Å². The van der Waals surface area contributed by atoms with E-state index in [1.54, 1.807) is 12.1 Å². The zero-order valence-corrected chi connectivity index (χ0v) is 10.2. The third kappa shape index (κ3) is 5.26. The van der Waals surface area contributed by atoms with Crippen molar-refractivity contribution in [1.29, 1.82) is 0 Å². The van der Waals surface area contributed by atoms with E-state index in [-0.39, 0.29) is 10.6 Å². The standard InChI is InChI=1S/C13H18N2O2/c1-11(2)10-14-8-4-6-12-5-3-7-13(9-12)15(16)17/h3-7,9,11,14H,8,10H2,1-2H3. The molecular weight excluding hydrogens is 216 g/mol. The summed E-state index contributed by atoms with van der Waals surface area (Å²) in [5.74, 6) is 0.626. The molecule has 92 valence electrons. The molecule has 0 saturated heterocycles. The lowest BCUT2D eigenvalue weighted by Crippen LogP contribution is -2.19. The lowest BCUT2D eigenvalue weighted by molar-refractivity contribution is -0.384. The average Bonchev–Trinajstić information content (AvgIpc) is 2.28. The van der Waals surface area contributed by atoms with Crippen LogP contribution in [-0.4, -0.2) is 18.0 Å². The number of hydrogen-bond donors (Lipinski definition) is 1. The van der Waals surface area contributed by atoms with E-state index in [4.69, 9.17) is 0 Å². The van der Waals surface area contributed by atoms with E-state index in [0.29, 0.717) is 5.92 Å². The molecule has 0 atom stereocenters. The van der Waals surface area contributed by atoms with Crippen molar-refractivity contribution in [2.24, 2.45) is 5.92 Å². The SMILES string of the molecule is CC(C)CNCC=Cc1cccc([N+](=O)[O-])c1. The van der Waals surface area contributed by atoms with Crippen LogP contribution in [0.1, 0.15) is 19.4 Å². The van der Waals surface area contributed by atoms with Crippen molar-refractivity contribution in [2.45, 2.75) is 13.8 Å². The van der Waals surface area contributed by atoms with Crippen LogP contribution in [0.3, 0.4) is 0 Å². The van der Waals surface area contributed by atoms with Gasteiger partial charge in [-0.15, -0.1) is 0 Å². The Hall–Kier alpha value is -1.68. The molecule has 17 heavy (non-hydrogen) atoms. The summed E-state index contributed by atoms with van der Waals surface area (Å²) in [6, 6.07) is 6.61. The molecule has 0 radical (unpaired) electrons. The van der Waals surface area contributed by atoms with E-state index in [9.17, 15) is 10.1 Å². The monoisotopic (exact) mass is 234 g/mol. The molecule has 1 aromatic carbocycles. The highest BCUT2D eigenvalue weighted by molar-refractivity contribution is 5.53. The molecule has 4 heteroatoms. The van der Waals surface area contributed by atoms with E-state index < -0.39 is 0 Å². The van der Waals surface area contributed by atoms with Gasteiger partial charge in [0.25, 0.3) is 5.69 Å². The predicted molar refractivity (Wildman–Crippen MR) is 69.8 cm³/mol. The van der Waals surface area contributed by atoms with Gasteiger partial charge in [-0.1, -0.05) is 38.1 Å². The van der Waals surface area contributed by atoms with Gasteiger partial charge in [-0.25, -0.2) is 0 Å². The van der Waals surface area contributed by atoms with Gasteiger partial charge in [0.1, 0.15) is 0 Å². The van der Waals surface area contributed by atoms with Gasteiger partial charge < -0.3 is 5.32 Å². The molecule has 0 spiro atoms. The zero-order chi connectivity index (χ0) is 12.7. The number of nitro groups is 1. The number of nitro benzene ring substituents is 1. The van der Waals surface area contributed by atoms with Gasteiger partial charge in [0.15, 0.2) is 0 Å². The average molecular weight is 234 g/mol. The maximum atomic E-state index is 10.6. The second kappa shape index (κ2) is 6.81. The van der Waals surface area contributed by atoms with Crippen molar-refractivity contribution in [3.05, 3.63) is 46.0 Å². The van der Waals surface area contributed by atoms with Gasteiger partial charge in [0.05, 0.1) is 4.92 Å². The van der Waals surface area contributed by atoms with Crippen LogP contribution in [0.5, 0.6) is 0 Å². The summed E-state index contributed by atoms with van der Waals surface area (Å²) in [7, 11) is 0. The summed E-state index contributed by atoms with van der Waals surface area (Å²) in [5.41, 5.74) is 0.979. The number of benzene rings is 1. The Labute approximate surface area is 101 Å². The summed E-state index contributed by atoms with van der Waals surface area (Å²) in [4.78, 5) is 10.2. The Kier molecular flexibility index (Phi) is 5.36. The quantitative estimate of drug-likeness (QED) is 0.468. The first-order valence-corrected chi connectivity index (χ1v) is 5.71. The van der Waals surface area contributed by atoms with Gasteiger partial charge in [0.2, 0.25) is 0 Å². The van der Waals surface area contributed by atoms with E-state index in [2.05, 4.69) is 19.2 Å². The first-order valence-electron chi connectivity index (χ1n) is 5.71. The minimum absolute atomic E-state index is 0.127. The van der Waals surface area contributed by atoms with Crippen molar-refractivity contribution < 1.29 is 4.92 Å². The van der Waals surface area contributed by atoms with Crippen molar-refractivity contribution in [1.82, 2.24) is 5.32 Å². The van der Waals surface area contributed by atoms with Gasteiger partial charge in [-0.3, -0.25) is 10.1 Å². The Balaban J connectivity index is 2.48. The molecule has 0 fully saturated rings. The van der Waals surface area contributed by atoms with E-state index in [1.165, 1.54) is 6.07 Å². The van der Waals surface area contributed by atoms with E-state index in [0.717, 1.165) is 18.7 Å². The van der Waals surface area contributed by atoms with Crippen LogP contribution in [0.15, 0.2) is 30.3 Å².